The standard InChI is InChI=1S/C23H25F2N3O3/c1-4-18(17-11-7-8-12-19(17)31-23(24)25)26-21(29)20-15-9-5-6-10-16(15)22(30)28(27-20)13-14(2)3/h5-12,14,18,23H,4,13H2,1-3H3,(H,26,29). The van der Waals surface area contributed by atoms with Crippen LogP contribution in [0.2, 0.25) is 0 Å². The van der Waals surface area contributed by atoms with Crippen LogP contribution in [0.25, 0.3) is 10.8 Å². The van der Waals surface area contributed by atoms with Gasteiger partial charge in [0.1, 0.15) is 5.75 Å². The molecule has 0 saturated carbocycles. The van der Waals surface area contributed by atoms with Crippen molar-refractivity contribution < 1.29 is 18.3 Å². The Morgan fingerprint density at radius 2 is 1.74 bits per heavy atom. The number of nitrogens with zero attached hydrogens (tertiary/aromatic N) is 2. The summed E-state index contributed by atoms with van der Waals surface area (Å²) in [5.41, 5.74) is 0.295. The number of fused-ring (bicyclic) bond motifs is 1. The van der Waals surface area contributed by atoms with Crippen LogP contribution in [0.1, 0.15) is 49.3 Å². The van der Waals surface area contributed by atoms with Crippen LogP contribution < -0.4 is 15.6 Å². The first-order valence-corrected chi connectivity index (χ1v) is 10.2. The first-order chi connectivity index (χ1) is 14.8. The van der Waals surface area contributed by atoms with Crippen LogP contribution >= 0.6 is 0 Å². The smallest absolute Gasteiger partial charge is 0.387 e. The van der Waals surface area contributed by atoms with Gasteiger partial charge in [0.25, 0.3) is 11.5 Å². The largest absolute Gasteiger partial charge is 0.434 e. The van der Waals surface area contributed by atoms with Crippen molar-refractivity contribution in [3.05, 3.63) is 70.1 Å². The van der Waals surface area contributed by atoms with Crippen molar-refractivity contribution in [3.63, 3.8) is 0 Å². The molecule has 0 aliphatic carbocycles. The van der Waals surface area contributed by atoms with Gasteiger partial charge in [0.15, 0.2) is 5.69 Å². The average molecular weight is 429 g/mol. The molecule has 0 fully saturated rings. The maximum absolute atomic E-state index is 13.2. The monoisotopic (exact) mass is 429 g/mol. The van der Waals surface area contributed by atoms with E-state index in [2.05, 4.69) is 15.2 Å². The second kappa shape index (κ2) is 9.68. The maximum Gasteiger partial charge on any atom is 0.387 e. The number of amides is 1. The normalized spacial score (nSPS) is 12.4. The number of nitrogens with one attached hydrogen (secondary N) is 1. The van der Waals surface area contributed by atoms with E-state index < -0.39 is 18.6 Å². The van der Waals surface area contributed by atoms with Crippen LogP contribution in [-0.4, -0.2) is 22.3 Å². The number of hydrogen-bond acceptors (Lipinski definition) is 4. The van der Waals surface area contributed by atoms with E-state index in [1.54, 1.807) is 42.5 Å². The summed E-state index contributed by atoms with van der Waals surface area (Å²) in [5, 5.41) is 8.04. The summed E-state index contributed by atoms with van der Waals surface area (Å²) in [5.74, 6) is -0.330. The number of ether oxygens (including phenoxy) is 1. The minimum Gasteiger partial charge on any atom is -0.434 e. The van der Waals surface area contributed by atoms with E-state index in [1.807, 2.05) is 20.8 Å². The number of para-hydroxylation sites is 1. The molecular formula is C23H25F2N3O3. The predicted octanol–water partition coefficient (Wildman–Crippen LogP) is 4.54. The van der Waals surface area contributed by atoms with Gasteiger partial charge in [-0.15, -0.1) is 0 Å². The highest BCUT2D eigenvalue weighted by atomic mass is 19.3. The van der Waals surface area contributed by atoms with Crippen molar-refractivity contribution in [2.24, 2.45) is 5.92 Å². The highest BCUT2D eigenvalue weighted by molar-refractivity contribution is 6.04. The fourth-order valence-electron chi connectivity index (χ4n) is 3.47. The number of hydrogen-bond donors (Lipinski definition) is 1. The molecule has 6 nitrogen and oxygen atoms in total. The van der Waals surface area contributed by atoms with Gasteiger partial charge in [-0.1, -0.05) is 57.2 Å². The minimum atomic E-state index is -2.97. The zero-order valence-electron chi connectivity index (χ0n) is 17.6. The minimum absolute atomic E-state index is 0.00671. The van der Waals surface area contributed by atoms with Gasteiger partial charge in [-0.2, -0.15) is 13.9 Å². The maximum atomic E-state index is 13.2. The van der Waals surface area contributed by atoms with Gasteiger partial charge in [0.2, 0.25) is 0 Å². The van der Waals surface area contributed by atoms with Gasteiger partial charge >= 0.3 is 6.61 Å². The van der Waals surface area contributed by atoms with Crippen LogP contribution in [0.3, 0.4) is 0 Å². The second-order valence-electron chi connectivity index (χ2n) is 7.63. The fraction of sp³-hybridized carbons (Fsp3) is 0.348. The second-order valence-corrected chi connectivity index (χ2v) is 7.63. The highest BCUT2D eigenvalue weighted by Gasteiger charge is 2.23. The summed E-state index contributed by atoms with van der Waals surface area (Å²) >= 11 is 0. The van der Waals surface area contributed by atoms with Crippen molar-refractivity contribution in [2.45, 2.75) is 46.4 Å². The van der Waals surface area contributed by atoms with Gasteiger partial charge < -0.3 is 10.1 Å². The van der Waals surface area contributed by atoms with E-state index >= 15 is 0 Å². The molecule has 31 heavy (non-hydrogen) atoms. The Hall–Kier alpha value is -3.29. The molecule has 3 aromatic rings. The molecule has 0 saturated heterocycles. The molecular weight excluding hydrogens is 404 g/mol. The molecule has 0 spiro atoms. The van der Waals surface area contributed by atoms with E-state index in [4.69, 9.17) is 0 Å². The Bertz CT molecular complexity index is 1130. The highest BCUT2D eigenvalue weighted by Crippen LogP contribution is 2.29. The Balaban J connectivity index is 2.01. The molecule has 1 amide bonds. The number of carbonyl (C=O) groups excluding carboxylic acids is 1. The first kappa shape index (κ1) is 22.4. The Kier molecular flexibility index (Phi) is 6.99. The summed E-state index contributed by atoms with van der Waals surface area (Å²) in [6.07, 6.45) is 0.443. The number of aromatic nitrogens is 2. The lowest BCUT2D eigenvalue weighted by atomic mass is 10.0. The average Bonchev–Trinajstić information content (AvgIpc) is 2.74. The molecule has 1 unspecified atom stereocenters. The topological polar surface area (TPSA) is 73.2 Å². The number of carbonyl (C=O) groups is 1. The molecule has 0 bridgehead atoms. The third-order valence-electron chi connectivity index (χ3n) is 4.84. The van der Waals surface area contributed by atoms with Gasteiger partial charge in [0, 0.05) is 17.5 Å². The molecule has 1 heterocycles. The number of alkyl halides is 2. The number of halogens is 2. The van der Waals surface area contributed by atoms with Crippen molar-refractivity contribution in [3.8, 4) is 5.75 Å². The van der Waals surface area contributed by atoms with E-state index in [1.165, 1.54) is 10.7 Å². The van der Waals surface area contributed by atoms with E-state index in [9.17, 15) is 18.4 Å². The lowest BCUT2D eigenvalue weighted by Gasteiger charge is -2.21. The lowest BCUT2D eigenvalue weighted by molar-refractivity contribution is -0.0506. The molecule has 3 rings (SSSR count). The van der Waals surface area contributed by atoms with Crippen LogP contribution in [0.5, 0.6) is 5.75 Å². The zero-order chi connectivity index (χ0) is 22.5. The van der Waals surface area contributed by atoms with Crippen molar-refractivity contribution >= 4 is 16.7 Å². The molecule has 8 heteroatoms. The number of rotatable bonds is 8. The van der Waals surface area contributed by atoms with Gasteiger partial charge in [-0.3, -0.25) is 9.59 Å². The third-order valence-corrected chi connectivity index (χ3v) is 4.84. The zero-order valence-corrected chi connectivity index (χ0v) is 17.6. The van der Waals surface area contributed by atoms with Crippen LogP contribution in [0.15, 0.2) is 53.3 Å². The molecule has 2 aromatic carbocycles. The molecule has 0 aliphatic heterocycles. The van der Waals surface area contributed by atoms with Crippen molar-refractivity contribution in [1.82, 2.24) is 15.1 Å². The van der Waals surface area contributed by atoms with Crippen molar-refractivity contribution in [2.75, 3.05) is 0 Å². The fourth-order valence-corrected chi connectivity index (χ4v) is 3.47. The third kappa shape index (κ3) is 5.07. The summed E-state index contributed by atoms with van der Waals surface area (Å²) in [6, 6.07) is 12.6. The summed E-state index contributed by atoms with van der Waals surface area (Å²) in [7, 11) is 0. The van der Waals surface area contributed by atoms with Gasteiger partial charge in [0.05, 0.1) is 11.4 Å². The summed E-state index contributed by atoms with van der Waals surface area (Å²) in [4.78, 5) is 26.0. The van der Waals surface area contributed by atoms with Crippen molar-refractivity contribution in [1.29, 1.82) is 0 Å². The molecule has 1 atom stereocenters. The first-order valence-electron chi connectivity index (χ1n) is 10.2. The lowest BCUT2D eigenvalue weighted by Crippen LogP contribution is -2.33. The Labute approximate surface area is 178 Å². The number of benzene rings is 2. The molecule has 164 valence electrons. The summed E-state index contributed by atoms with van der Waals surface area (Å²) < 4.78 is 31.5. The molecule has 1 aromatic heterocycles. The quantitative estimate of drug-likeness (QED) is 0.571. The van der Waals surface area contributed by atoms with Crippen LogP contribution in [-0.2, 0) is 6.54 Å². The predicted molar refractivity (Wildman–Crippen MR) is 114 cm³/mol. The Morgan fingerprint density at radius 3 is 2.39 bits per heavy atom. The Morgan fingerprint density at radius 1 is 1.10 bits per heavy atom. The molecule has 1 N–H and O–H groups in total. The van der Waals surface area contributed by atoms with E-state index in [0.29, 0.717) is 29.3 Å². The van der Waals surface area contributed by atoms with Crippen LogP contribution in [0, 0.1) is 5.92 Å². The van der Waals surface area contributed by atoms with E-state index in [-0.39, 0.29) is 22.9 Å². The van der Waals surface area contributed by atoms with E-state index in [0.717, 1.165) is 0 Å². The van der Waals surface area contributed by atoms with Gasteiger partial charge in [-0.25, -0.2) is 4.68 Å². The molecule has 0 aliphatic rings. The molecule has 0 radical (unpaired) electrons. The van der Waals surface area contributed by atoms with Gasteiger partial charge in [-0.05, 0) is 24.5 Å². The SMILES string of the molecule is CCC(NC(=O)c1nn(CC(C)C)c(=O)c2ccccc12)c1ccccc1OC(F)F. The van der Waals surface area contributed by atoms with Crippen LogP contribution in [0.4, 0.5) is 8.78 Å². The summed E-state index contributed by atoms with van der Waals surface area (Å²) in [6.45, 7) is 3.13.